The van der Waals surface area contributed by atoms with Gasteiger partial charge in [0.25, 0.3) is 0 Å². The average molecular weight is 503 g/mol. The van der Waals surface area contributed by atoms with Crippen LogP contribution in [-0.2, 0) is 21.8 Å². The number of nitrogens with one attached hydrogen (secondary N) is 1. The number of carbonyl (C=O) groups excluding carboxylic acids is 1. The standard InChI is InChI=1S/C25H27F6NO3/c1-15(16-9-18(24(26,27)28)11-19(10-16)25(29,30)31)34-14-22(17-7-5-4-6-8-17)12-23(13-22)21(2,3)35-20(33)32-23/h4-7,9-11,15,17H,8,12-14H2,1-3H3,(H,32,33)/t15-,17?,22?,23?/m1/s1. The van der Waals surface area contributed by atoms with Crippen LogP contribution in [0, 0.1) is 11.3 Å². The number of amides is 1. The van der Waals surface area contributed by atoms with E-state index >= 15 is 0 Å². The lowest BCUT2D eigenvalue weighted by Crippen LogP contribution is -2.69. The van der Waals surface area contributed by atoms with Crippen molar-refractivity contribution in [1.82, 2.24) is 5.32 Å². The van der Waals surface area contributed by atoms with Gasteiger partial charge in [-0.25, -0.2) is 4.79 Å². The summed E-state index contributed by atoms with van der Waals surface area (Å²) in [5.74, 6) is 0.0332. The summed E-state index contributed by atoms with van der Waals surface area (Å²) >= 11 is 0. The van der Waals surface area contributed by atoms with Gasteiger partial charge in [-0.05, 0) is 69.7 Å². The third-order valence-corrected chi connectivity index (χ3v) is 7.62. The minimum absolute atomic E-state index is 0.0332. The van der Waals surface area contributed by atoms with Gasteiger partial charge in [-0.3, -0.25) is 0 Å². The molecule has 192 valence electrons. The number of rotatable bonds is 5. The first kappa shape index (κ1) is 25.6. The molecule has 4 nitrogen and oxygen atoms in total. The maximum absolute atomic E-state index is 13.3. The van der Waals surface area contributed by atoms with Gasteiger partial charge in [0.15, 0.2) is 0 Å². The molecule has 2 atom stereocenters. The van der Waals surface area contributed by atoms with E-state index in [1.54, 1.807) is 0 Å². The summed E-state index contributed by atoms with van der Waals surface area (Å²) in [5.41, 5.74) is -4.80. The number of allylic oxidation sites excluding steroid dienone is 4. The molecule has 35 heavy (non-hydrogen) atoms. The number of carbonyl (C=O) groups is 1. The van der Waals surface area contributed by atoms with Crippen LogP contribution >= 0.6 is 0 Å². The quantitative estimate of drug-likeness (QED) is 0.442. The van der Waals surface area contributed by atoms with E-state index in [9.17, 15) is 31.1 Å². The lowest BCUT2D eigenvalue weighted by molar-refractivity contribution is -0.145. The zero-order valence-electron chi connectivity index (χ0n) is 19.5. The normalized spacial score (nSPS) is 30.7. The Labute approximate surface area is 199 Å². The monoisotopic (exact) mass is 503 g/mol. The summed E-state index contributed by atoms with van der Waals surface area (Å²) in [6.45, 7) is 5.17. The molecule has 0 aromatic heterocycles. The van der Waals surface area contributed by atoms with Crippen LogP contribution in [0.15, 0.2) is 42.5 Å². The van der Waals surface area contributed by atoms with Gasteiger partial charge >= 0.3 is 18.4 Å². The van der Waals surface area contributed by atoms with Gasteiger partial charge in [-0.15, -0.1) is 0 Å². The van der Waals surface area contributed by atoms with Gasteiger partial charge in [-0.1, -0.05) is 24.3 Å². The van der Waals surface area contributed by atoms with Crippen LogP contribution in [0.1, 0.15) is 62.8 Å². The summed E-state index contributed by atoms with van der Waals surface area (Å²) in [4.78, 5) is 12.0. The zero-order valence-corrected chi connectivity index (χ0v) is 19.5. The average Bonchev–Trinajstić information content (AvgIpc) is 2.97. The van der Waals surface area contributed by atoms with Gasteiger partial charge in [0.05, 0.1) is 29.4 Å². The first-order valence-corrected chi connectivity index (χ1v) is 11.3. The fourth-order valence-electron chi connectivity index (χ4n) is 5.47. The first-order chi connectivity index (χ1) is 16.1. The Morgan fingerprint density at radius 2 is 1.66 bits per heavy atom. The summed E-state index contributed by atoms with van der Waals surface area (Å²) in [6.07, 6.45) is -1.83. The Morgan fingerprint density at radius 1 is 1.06 bits per heavy atom. The Hall–Kier alpha value is -2.49. The van der Waals surface area contributed by atoms with Gasteiger partial charge < -0.3 is 14.8 Å². The minimum atomic E-state index is -4.93. The van der Waals surface area contributed by atoms with E-state index in [1.165, 1.54) is 6.92 Å². The Bertz CT molecular complexity index is 1020. The van der Waals surface area contributed by atoms with Crippen molar-refractivity contribution in [1.29, 1.82) is 0 Å². The third kappa shape index (κ3) is 4.69. The summed E-state index contributed by atoms with van der Waals surface area (Å²) < 4.78 is 91.1. The maximum Gasteiger partial charge on any atom is 0.416 e. The molecule has 1 aromatic carbocycles. The number of hydrogen-bond donors (Lipinski definition) is 1. The molecule has 3 aliphatic rings. The molecule has 2 aliphatic carbocycles. The van der Waals surface area contributed by atoms with Crippen molar-refractivity contribution in [3.8, 4) is 0 Å². The van der Waals surface area contributed by atoms with E-state index in [4.69, 9.17) is 9.47 Å². The molecule has 10 heteroatoms. The number of cyclic esters (lactones) is 1. The molecule has 1 saturated heterocycles. The van der Waals surface area contributed by atoms with E-state index in [0.717, 1.165) is 0 Å². The topological polar surface area (TPSA) is 47.6 Å². The number of alkyl carbamates (subject to hydrolysis) is 1. The second-order valence-electron chi connectivity index (χ2n) is 10.3. The highest BCUT2D eigenvalue weighted by Crippen LogP contribution is 2.61. The van der Waals surface area contributed by atoms with Crippen LogP contribution in [0.4, 0.5) is 31.1 Å². The lowest BCUT2D eigenvalue weighted by atomic mass is 9.48. The third-order valence-electron chi connectivity index (χ3n) is 7.62. The van der Waals surface area contributed by atoms with Crippen LogP contribution in [-0.4, -0.2) is 23.8 Å². The highest BCUT2D eigenvalue weighted by Gasteiger charge is 2.68. The molecular weight excluding hydrogens is 476 g/mol. The predicted octanol–water partition coefficient (Wildman–Crippen LogP) is 6.97. The molecule has 1 heterocycles. The van der Waals surface area contributed by atoms with Crippen LogP contribution in [0.25, 0.3) is 0 Å². The molecule has 1 unspecified atom stereocenters. The lowest BCUT2D eigenvalue weighted by Gasteiger charge is -2.60. The van der Waals surface area contributed by atoms with Crippen LogP contribution < -0.4 is 5.32 Å². The van der Waals surface area contributed by atoms with E-state index in [0.29, 0.717) is 31.4 Å². The van der Waals surface area contributed by atoms with Crippen molar-refractivity contribution >= 4 is 6.09 Å². The largest absolute Gasteiger partial charge is 0.441 e. The molecule has 1 saturated carbocycles. The Balaban J connectivity index is 1.58. The van der Waals surface area contributed by atoms with Crippen molar-refractivity contribution in [2.45, 2.75) is 69.6 Å². The Morgan fingerprint density at radius 3 is 2.11 bits per heavy atom. The zero-order chi connectivity index (χ0) is 25.9. The molecular formula is C25H27F6NO3. The Kier molecular flexibility index (Phi) is 6.06. The van der Waals surface area contributed by atoms with Gasteiger partial charge in [-0.2, -0.15) is 26.3 Å². The van der Waals surface area contributed by atoms with Crippen molar-refractivity contribution < 1.29 is 40.6 Å². The van der Waals surface area contributed by atoms with E-state index in [1.807, 2.05) is 38.2 Å². The van der Waals surface area contributed by atoms with Gasteiger partial charge in [0.2, 0.25) is 0 Å². The van der Waals surface area contributed by atoms with Crippen molar-refractivity contribution in [2.75, 3.05) is 6.61 Å². The molecule has 1 aliphatic heterocycles. The van der Waals surface area contributed by atoms with E-state index in [2.05, 4.69) is 5.32 Å². The van der Waals surface area contributed by atoms with Crippen molar-refractivity contribution in [3.05, 3.63) is 59.2 Å². The molecule has 2 fully saturated rings. The molecule has 1 aromatic rings. The molecule has 4 rings (SSSR count). The number of hydrogen-bond acceptors (Lipinski definition) is 3. The summed E-state index contributed by atoms with van der Waals surface area (Å²) in [6, 6.07) is 1.51. The number of ether oxygens (including phenoxy) is 2. The highest BCUT2D eigenvalue weighted by molar-refractivity contribution is 5.73. The van der Waals surface area contributed by atoms with Gasteiger partial charge in [0, 0.05) is 5.41 Å². The fraction of sp³-hybridized carbons (Fsp3) is 0.560. The van der Waals surface area contributed by atoms with Crippen LogP contribution in [0.3, 0.4) is 0 Å². The van der Waals surface area contributed by atoms with Crippen LogP contribution in [0.5, 0.6) is 0 Å². The minimum Gasteiger partial charge on any atom is -0.441 e. The molecule has 1 N–H and O–H groups in total. The fourth-order valence-corrected chi connectivity index (χ4v) is 5.47. The molecule has 0 radical (unpaired) electrons. The maximum atomic E-state index is 13.3. The van der Waals surface area contributed by atoms with Crippen molar-refractivity contribution in [3.63, 3.8) is 0 Å². The predicted molar refractivity (Wildman–Crippen MR) is 115 cm³/mol. The molecule has 0 bridgehead atoms. The number of halogens is 6. The first-order valence-electron chi connectivity index (χ1n) is 11.3. The van der Waals surface area contributed by atoms with Gasteiger partial charge in [0.1, 0.15) is 5.60 Å². The summed E-state index contributed by atoms with van der Waals surface area (Å²) in [5, 5.41) is 2.91. The number of alkyl halides is 6. The molecule has 1 amide bonds. The second-order valence-corrected chi connectivity index (χ2v) is 10.3. The SMILES string of the molecule is C[C@@H](OCC1(C2C=CC=CC2)CC2(C1)NC(=O)OC2(C)C)c1cc(C(F)(F)F)cc(C(F)(F)F)c1. The van der Waals surface area contributed by atoms with Crippen LogP contribution in [0.2, 0.25) is 0 Å². The smallest absolute Gasteiger partial charge is 0.416 e. The van der Waals surface area contributed by atoms with Crippen molar-refractivity contribution in [2.24, 2.45) is 11.3 Å². The summed E-state index contributed by atoms with van der Waals surface area (Å²) in [7, 11) is 0. The number of benzene rings is 1. The highest BCUT2D eigenvalue weighted by atomic mass is 19.4. The van der Waals surface area contributed by atoms with E-state index < -0.39 is 52.2 Å². The second kappa shape index (κ2) is 8.28. The van der Waals surface area contributed by atoms with E-state index in [-0.39, 0.29) is 24.2 Å². The molecule has 1 spiro atoms.